The van der Waals surface area contributed by atoms with E-state index in [0.29, 0.717) is 26.2 Å². The third kappa shape index (κ3) is 2.89. The lowest BCUT2D eigenvalue weighted by Crippen LogP contribution is -2.31. The number of aromatic nitrogens is 2. The molecule has 2 rings (SSSR count). The van der Waals surface area contributed by atoms with E-state index in [9.17, 15) is 13.2 Å². The Labute approximate surface area is 103 Å². The molecule has 2 heterocycles. The van der Waals surface area contributed by atoms with Crippen molar-refractivity contribution in [1.29, 1.82) is 0 Å². The first-order valence-corrected chi connectivity index (χ1v) is 7.27. The summed E-state index contributed by atoms with van der Waals surface area (Å²) >= 11 is 0. The third-order valence-corrected chi connectivity index (χ3v) is 3.74. The molecular weight excluding hydrogens is 268 g/mol. The highest BCUT2D eigenvalue weighted by Gasteiger charge is 2.19. The lowest BCUT2D eigenvalue weighted by Gasteiger charge is -2.13. The summed E-state index contributed by atoms with van der Waals surface area (Å²) in [4.78, 5) is 12.8. The molecule has 0 aliphatic carbocycles. The maximum Gasteiger partial charge on any atom is 0.317 e. The van der Waals surface area contributed by atoms with Crippen LogP contribution in [0, 0.1) is 0 Å². The Morgan fingerprint density at radius 2 is 2.24 bits per heavy atom. The molecule has 0 radical (unpaired) electrons. The Hall–Kier alpha value is -1.28. The summed E-state index contributed by atoms with van der Waals surface area (Å²) in [5.41, 5.74) is 0. The third-order valence-electron chi connectivity index (χ3n) is 2.44. The van der Waals surface area contributed by atoms with Crippen LogP contribution in [0.1, 0.15) is 0 Å². The van der Waals surface area contributed by atoms with Crippen LogP contribution >= 0.6 is 10.7 Å². The first-order chi connectivity index (χ1) is 7.97. The quantitative estimate of drug-likeness (QED) is 0.776. The number of carbonyl (C=O) groups excluding carboxylic acids is 1. The summed E-state index contributed by atoms with van der Waals surface area (Å²) < 4.78 is 23.4. The SMILES string of the molecule is O=C1NCCN1CCn1cc(S(=O)(=O)Cl)cn1. The predicted molar refractivity (Wildman–Crippen MR) is 60.2 cm³/mol. The summed E-state index contributed by atoms with van der Waals surface area (Å²) in [5, 5.41) is 6.54. The minimum absolute atomic E-state index is 0.0370. The zero-order valence-electron chi connectivity index (χ0n) is 8.84. The minimum atomic E-state index is -3.73. The van der Waals surface area contributed by atoms with Crippen molar-refractivity contribution in [2.75, 3.05) is 19.6 Å². The smallest absolute Gasteiger partial charge is 0.317 e. The molecule has 1 N–H and O–H groups in total. The number of nitrogens with zero attached hydrogens (tertiary/aromatic N) is 3. The van der Waals surface area contributed by atoms with Crippen LogP contribution in [-0.4, -0.2) is 48.8 Å². The second-order valence-electron chi connectivity index (χ2n) is 3.60. The largest absolute Gasteiger partial charge is 0.336 e. The van der Waals surface area contributed by atoms with Gasteiger partial charge in [-0.15, -0.1) is 0 Å². The Kier molecular flexibility index (Phi) is 3.25. The van der Waals surface area contributed by atoms with Crippen molar-refractivity contribution in [1.82, 2.24) is 20.0 Å². The molecule has 1 aromatic heterocycles. The highest BCUT2D eigenvalue weighted by Crippen LogP contribution is 2.12. The summed E-state index contributed by atoms with van der Waals surface area (Å²) in [6.45, 7) is 2.20. The van der Waals surface area contributed by atoms with Crippen molar-refractivity contribution in [2.24, 2.45) is 0 Å². The maximum absolute atomic E-state index is 11.2. The monoisotopic (exact) mass is 278 g/mol. The Bertz CT molecular complexity index is 527. The van der Waals surface area contributed by atoms with Gasteiger partial charge in [0.25, 0.3) is 9.05 Å². The van der Waals surface area contributed by atoms with Gasteiger partial charge in [-0.3, -0.25) is 4.68 Å². The van der Waals surface area contributed by atoms with Crippen LogP contribution in [0.3, 0.4) is 0 Å². The summed E-state index contributed by atoms with van der Waals surface area (Å²) in [6, 6.07) is -0.109. The zero-order chi connectivity index (χ0) is 12.5. The molecular formula is C8H11ClN4O3S. The molecule has 1 aliphatic rings. The van der Waals surface area contributed by atoms with E-state index in [-0.39, 0.29) is 10.9 Å². The van der Waals surface area contributed by atoms with Crippen molar-refractivity contribution in [3.05, 3.63) is 12.4 Å². The van der Waals surface area contributed by atoms with Gasteiger partial charge in [-0.05, 0) is 0 Å². The van der Waals surface area contributed by atoms with Crippen molar-refractivity contribution < 1.29 is 13.2 Å². The van der Waals surface area contributed by atoms with Crippen LogP contribution in [0.2, 0.25) is 0 Å². The maximum atomic E-state index is 11.2. The molecule has 7 nitrogen and oxygen atoms in total. The van der Waals surface area contributed by atoms with Crippen LogP contribution in [0.4, 0.5) is 4.79 Å². The van der Waals surface area contributed by atoms with Gasteiger partial charge >= 0.3 is 6.03 Å². The molecule has 0 unspecified atom stereocenters. The number of halogens is 1. The van der Waals surface area contributed by atoms with E-state index in [2.05, 4.69) is 10.4 Å². The standard InChI is InChI=1S/C8H11ClN4O3S/c9-17(15,16)7-5-11-13(6-7)4-3-12-2-1-10-8(12)14/h5-6H,1-4H2,(H,10,14). The van der Waals surface area contributed by atoms with Gasteiger partial charge in [0, 0.05) is 36.5 Å². The Morgan fingerprint density at radius 1 is 1.47 bits per heavy atom. The van der Waals surface area contributed by atoms with E-state index in [4.69, 9.17) is 10.7 Å². The van der Waals surface area contributed by atoms with Gasteiger partial charge in [-0.2, -0.15) is 5.10 Å². The molecule has 1 saturated heterocycles. The molecule has 94 valence electrons. The number of hydrogen-bond acceptors (Lipinski definition) is 4. The minimum Gasteiger partial charge on any atom is -0.336 e. The fourth-order valence-corrected chi connectivity index (χ4v) is 2.20. The van der Waals surface area contributed by atoms with E-state index in [1.165, 1.54) is 17.1 Å². The van der Waals surface area contributed by atoms with Crippen LogP contribution in [0.5, 0.6) is 0 Å². The van der Waals surface area contributed by atoms with E-state index < -0.39 is 9.05 Å². The Morgan fingerprint density at radius 3 is 2.76 bits per heavy atom. The molecule has 1 aliphatic heterocycles. The van der Waals surface area contributed by atoms with Crippen molar-refractivity contribution in [3.63, 3.8) is 0 Å². The average molecular weight is 279 g/mol. The van der Waals surface area contributed by atoms with E-state index in [1.54, 1.807) is 4.90 Å². The van der Waals surface area contributed by atoms with E-state index >= 15 is 0 Å². The van der Waals surface area contributed by atoms with Crippen molar-refractivity contribution in [2.45, 2.75) is 11.4 Å². The van der Waals surface area contributed by atoms with Gasteiger partial charge in [0.1, 0.15) is 4.90 Å². The first kappa shape index (κ1) is 12.2. The fraction of sp³-hybridized carbons (Fsp3) is 0.500. The fourth-order valence-electron chi connectivity index (χ4n) is 1.54. The molecule has 9 heteroatoms. The molecule has 0 spiro atoms. The molecule has 0 bridgehead atoms. The molecule has 0 atom stereocenters. The number of rotatable bonds is 4. The molecule has 1 aromatic rings. The summed E-state index contributed by atoms with van der Waals surface area (Å²) in [7, 11) is 1.43. The molecule has 1 fully saturated rings. The molecule has 17 heavy (non-hydrogen) atoms. The van der Waals surface area contributed by atoms with Gasteiger partial charge in [0.15, 0.2) is 0 Å². The predicted octanol–water partition coefficient (Wildman–Crippen LogP) is -0.164. The summed E-state index contributed by atoms with van der Waals surface area (Å²) in [5.74, 6) is 0. The first-order valence-electron chi connectivity index (χ1n) is 4.97. The number of carbonyl (C=O) groups is 1. The molecule has 2 amide bonds. The average Bonchev–Trinajstić information content (AvgIpc) is 2.82. The lowest BCUT2D eigenvalue weighted by atomic mass is 10.5. The van der Waals surface area contributed by atoms with Crippen LogP contribution in [0.15, 0.2) is 17.3 Å². The van der Waals surface area contributed by atoms with Gasteiger partial charge < -0.3 is 10.2 Å². The normalized spacial score (nSPS) is 16.3. The number of nitrogens with one attached hydrogen (secondary N) is 1. The Balaban J connectivity index is 1.96. The van der Waals surface area contributed by atoms with Crippen LogP contribution < -0.4 is 5.32 Å². The topological polar surface area (TPSA) is 84.3 Å². The number of hydrogen-bond donors (Lipinski definition) is 1. The zero-order valence-corrected chi connectivity index (χ0v) is 10.4. The van der Waals surface area contributed by atoms with E-state index in [1.807, 2.05) is 0 Å². The van der Waals surface area contributed by atoms with Gasteiger partial charge in [-0.25, -0.2) is 13.2 Å². The van der Waals surface area contributed by atoms with Crippen LogP contribution in [-0.2, 0) is 15.6 Å². The van der Waals surface area contributed by atoms with Gasteiger partial charge in [-0.1, -0.05) is 0 Å². The summed E-state index contributed by atoms with van der Waals surface area (Å²) in [6.07, 6.45) is 2.53. The van der Waals surface area contributed by atoms with Crippen molar-refractivity contribution in [3.8, 4) is 0 Å². The highest BCUT2D eigenvalue weighted by molar-refractivity contribution is 8.13. The van der Waals surface area contributed by atoms with Gasteiger partial charge in [0.05, 0.1) is 12.7 Å². The van der Waals surface area contributed by atoms with Crippen molar-refractivity contribution >= 4 is 25.8 Å². The number of amides is 2. The van der Waals surface area contributed by atoms with Crippen LogP contribution in [0.25, 0.3) is 0 Å². The molecule has 0 aromatic carbocycles. The van der Waals surface area contributed by atoms with E-state index in [0.717, 1.165) is 0 Å². The highest BCUT2D eigenvalue weighted by atomic mass is 35.7. The lowest BCUT2D eigenvalue weighted by molar-refractivity contribution is 0.215. The van der Waals surface area contributed by atoms with Gasteiger partial charge in [0.2, 0.25) is 0 Å². The molecule has 0 saturated carbocycles. The second-order valence-corrected chi connectivity index (χ2v) is 6.16. The number of urea groups is 1. The second kappa shape index (κ2) is 4.53.